The predicted molar refractivity (Wildman–Crippen MR) is 71.0 cm³/mol. The summed E-state index contributed by atoms with van der Waals surface area (Å²) in [6.07, 6.45) is 2.05. The Balaban J connectivity index is 2.00. The number of carbonyl (C=O) groups is 1. The summed E-state index contributed by atoms with van der Waals surface area (Å²) >= 11 is 0. The smallest absolute Gasteiger partial charge is 0.270 e. The molecule has 0 saturated carbocycles. The van der Waals surface area contributed by atoms with Gasteiger partial charge in [0.05, 0.1) is 10.5 Å². The highest BCUT2D eigenvalue weighted by molar-refractivity contribution is 5.95. The largest absolute Gasteiger partial charge is 0.352 e. The van der Waals surface area contributed by atoms with Crippen molar-refractivity contribution < 1.29 is 14.1 Å². The number of piperidine rings is 1. The van der Waals surface area contributed by atoms with Gasteiger partial charge in [-0.15, -0.1) is 0 Å². The van der Waals surface area contributed by atoms with Gasteiger partial charge in [0.15, 0.2) is 0 Å². The van der Waals surface area contributed by atoms with Crippen molar-refractivity contribution in [2.45, 2.75) is 12.8 Å². The van der Waals surface area contributed by atoms with E-state index < -0.39 is 16.6 Å². The van der Waals surface area contributed by atoms with E-state index in [1.165, 1.54) is 0 Å². The lowest BCUT2D eigenvalue weighted by Crippen LogP contribution is -2.38. The average Bonchev–Trinajstić information content (AvgIpc) is 2.46. The lowest BCUT2D eigenvalue weighted by Gasteiger charge is -2.22. The Hall–Kier alpha value is -2.02. The number of nitro groups is 1. The number of nitrogens with zero attached hydrogens (tertiary/aromatic N) is 1. The third-order valence-electron chi connectivity index (χ3n) is 3.36. The summed E-state index contributed by atoms with van der Waals surface area (Å²) in [5.74, 6) is -1.05. The quantitative estimate of drug-likeness (QED) is 0.646. The molecule has 1 saturated heterocycles. The van der Waals surface area contributed by atoms with Crippen molar-refractivity contribution in [3.8, 4) is 0 Å². The standard InChI is InChI=1S/C13H16FN3O3/c14-12-4-3-10(17(19)20)6-11(12)13(18)16-8-9-2-1-5-15-7-9/h3-4,6,9,15H,1-2,5,7-8H2,(H,16,18). The molecule has 7 heteroatoms. The fourth-order valence-electron chi connectivity index (χ4n) is 2.23. The topological polar surface area (TPSA) is 84.3 Å². The Morgan fingerprint density at radius 2 is 2.35 bits per heavy atom. The van der Waals surface area contributed by atoms with E-state index in [-0.39, 0.29) is 11.3 Å². The van der Waals surface area contributed by atoms with Crippen LogP contribution < -0.4 is 10.6 Å². The summed E-state index contributed by atoms with van der Waals surface area (Å²) in [4.78, 5) is 21.9. The maximum Gasteiger partial charge on any atom is 0.270 e. The Labute approximate surface area is 115 Å². The zero-order chi connectivity index (χ0) is 14.5. The van der Waals surface area contributed by atoms with Crippen LogP contribution in [0.2, 0.25) is 0 Å². The minimum Gasteiger partial charge on any atom is -0.352 e. The van der Waals surface area contributed by atoms with Gasteiger partial charge in [-0.25, -0.2) is 4.39 Å². The molecule has 0 aliphatic carbocycles. The van der Waals surface area contributed by atoms with Crippen molar-refractivity contribution in [1.82, 2.24) is 10.6 Å². The van der Waals surface area contributed by atoms with Crippen molar-refractivity contribution in [3.05, 3.63) is 39.7 Å². The first kappa shape index (κ1) is 14.4. The summed E-state index contributed by atoms with van der Waals surface area (Å²) in [6, 6.07) is 2.94. The number of carbonyl (C=O) groups excluding carboxylic acids is 1. The van der Waals surface area contributed by atoms with E-state index in [1.807, 2.05) is 0 Å². The van der Waals surface area contributed by atoms with Crippen LogP contribution in [-0.4, -0.2) is 30.5 Å². The van der Waals surface area contributed by atoms with Crippen molar-refractivity contribution in [2.24, 2.45) is 5.92 Å². The van der Waals surface area contributed by atoms with Gasteiger partial charge >= 0.3 is 0 Å². The van der Waals surface area contributed by atoms with Gasteiger partial charge in [0, 0.05) is 18.7 Å². The van der Waals surface area contributed by atoms with E-state index in [2.05, 4.69) is 10.6 Å². The zero-order valence-corrected chi connectivity index (χ0v) is 10.9. The van der Waals surface area contributed by atoms with Gasteiger partial charge in [-0.1, -0.05) is 0 Å². The van der Waals surface area contributed by atoms with Crippen molar-refractivity contribution in [2.75, 3.05) is 19.6 Å². The number of amides is 1. The molecule has 0 radical (unpaired) electrons. The molecule has 1 heterocycles. The van der Waals surface area contributed by atoms with Crippen LogP contribution in [0.5, 0.6) is 0 Å². The molecule has 1 amide bonds. The summed E-state index contributed by atoms with van der Waals surface area (Å²) in [7, 11) is 0. The summed E-state index contributed by atoms with van der Waals surface area (Å²) in [5, 5.41) is 16.5. The molecule has 1 unspecified atom stereocenters. The molecule has 1 aliphatic rings. The first-order valence-electron chi connectivity index (χ1n) is 6.51. The molecule has 1 aromatic rings. The second-order valence-electron chi connectivity index (χ2n) is 4.84. The number of nitro benzene ring substituents is 1. The maximum absolute atomic E-state index is 13.6. The second-order valence-corrected chi connectivity index (χ2v) is 4.84. The minimum absolute atomic E-state index is 0.289. The lowest BCUT2D eigenvalue weighted by atomic mass is 9.99. The van der Waals surface area contributed by atoms with Gasteiger partial charge in [-0.2, -0.15) is 0 Å². The molecule has 20 heavy (non-hydrogen) atoms. The number of halogens is 1. The van der Waals surface area contributed by atoms with E-state index >= 15 is 0 Å². The van der Waals surface area contributed by atoms with Crippen LogP contribution in [0.4, 0.5) is 10.1 Å². The zero-order valence-electron chi connectivity index (χ0n) is 10.9. The molecule has 0 aromatic heterocycles. The highest BCUT2D eigenvalue weighted by Gasteiger charge is 2.19. The highest BCUT2D eigenvalue weighted by Crippen LogP contribution is 2.17. The minimum atomic E-state index is -0.755. The Kier molecular flexibility index (Phi) is 4.62. The number of hydrogen-bond donors (Lipinski definition) is 2. The molecular weight excluding hydrogens is 265 g/mol. The number of nitrogens with one attached hydrogen (secondary N) is 2. The first-order valence-corrected chi connectivity index (χ1v) is 6.51. The maximum atomic E-state index is 13.6. The molecule has 6 nitrogen and oxygen atoms in total. The van der Waals surface area contributed by atoms with Crippen LogP contribution in [0.3, 0.4) is 0 Å². The van der Waals surface area contributed by atoms with E-state index in [9.17, 15) is 19.3 Å². The number of non-ortho nitro benzene ring substituents is 1. The third-order valence-corrected chi connectivity index (χ3v) is 3.36. The Morgan fingerprint density at radius 3 is 3.00 bits per heavy atom. The van der Waals surface area contributed by atoms with Gasteiger partial charge in [-0.3, -0.25) is 14.9 Å². The average molecular weight is 281 g/mol. The Morgan fingerprint density at radius 1 is 1.55 bits per heavy atom. The van der Waals surface area contributed by atoms with E-state index in [0.717, 1.165) is 44.1 Å². The molecular formula is C13H16FN3O3. The molecule has 0 bridgehead atoms. The molecule has 2 rings (SSSR count). The molecule has 0 spiro atoms. The fourth-order valence-corrected chi connectivity index (χ4v) is 2.23. The molecule has 1 fully saturated rings. The third kappa shape index (κ3) is 3.51. The van der Waals surface area contributed by atoms with Gasteiger partial charge < -0.3 is 10.6 Å². The van der Waals surface area contributed by atoms with Crippen LogP contribution >= 0.6 is 0 Å². The molecule has 1 atom stereocenters. The summed E-state index contributed by atoms with van der Waals surface area (Å²) in [6.45, 7) is 2.23. The lowest BCUT2D eigenvalue weighted by molar-refractivity contribution is -0.384. The van der Waals surface area contributed by atoms with Crippen LogP contribution in [0.25, 0.3) is 0 Å². The molecule has 1 aliphatic heterocycles. The molecule has 108 valence electrons. The number of benzene rings is 1. The van der Waals surface area contributed by atoms with Crippen LogP contribution in [0, 0.1) is 21.8 Å². The number of hydrogen-bond acceptors (Lipinski definition) is 4. The molecule has 1 aromatic carbocycles. The van der Waals surface area contributed by atoms with Gasteiger partial charge in [0.1, 0.15) is 5.82 Å². The van der Waals surface area contributed by atoms with Crippen molar-refractivity contribution >= 4 is 11.6 Å². The number of rotatable bonds is 4. The van der Waals surface area contributed by atoms with E-state index in [1.54, 1.807) is 0 Å². The fraction of sp³-hybridized carbons (Fsp3) is 0.462. The molecule has 2 N–H and O–H groups in total. The Bertz CT molecular complexity index is 516. The first-order chi connectivity index (χ1) is 9.58. The monoisotopic (exact) mass is 281 g/mol. The van der Waals surface area contributed by atoms with E-state index in [4.69, 9.17) is 0 Å². The SMILES string of the molecule is O=C(NCC1CCCNC1)c1cc([N+](=O)[O-])ccc1F. The van der Waals surface area contributed by atoms with Gasteiger partial charge in [0.2, 0.25) is 0 Å². The van der Waals surface area contributed by atoms with Crippen molar-refractivity contribution in [3.63, 3.8) is 0 Å². The van der Waals surface area contributed by atoms with Gasteiger partial charge in [-0.05, 0) is 37.9 Å². The second kappa shape index (κ2) is 6.42. The summed E-state index contributed by atoms with van der Waals surface area (Å²) in [5.41, 5.74) is -0.584. The van der Waals surface area contributed by atoms with Crippen molar-refractivity contribution in [1.29, 1.82) is 0 Å². The van der Waals surface area contributed by atoms with Crippen LogP contribution in [-0.2, 0) is 0 Å². The van der Waals surface area contributed by atoms with Gasteiger partial charge in [0.25, 0.3) is 11.6 Å². The van der Waals surface area contributed by atoms with Crippen LogP contribution in [0.1, 0.15) is 23.2 Å². The predicted octanol–water partition coefficient (Wildman–Crippen LogP) is 1.46. The summed E-state index contributed by atoms with van der Waals surface area (Å²) < 4.78 is 13.6. The normalized spacial score (nSPS) is 18.6. The highest BCUT2D eigenvalue weighted by atomic mass is 19.1. The van der Waals surface area contributed by atoms with Crippen LogP contribution in [0.15, 0.2) is 18.2 Å². The van der Waals surface area contributed by atoms with E-state index in [0.29, 0.717) is 12.5 Å².